The maximum Gasteiger partial charge on any atom is 0.337 e. The zero-order valence-corrected chi connectivity index (χ0v) is 18.2. The summed E-state index contributed by atoms with van der Waals surface area (Å²) < 4.78 is 6.93. The van der Waals surface area contributed by atoms with Crippen LogP contribution in [0.1, 0.15) is 60.8 Å². The van der Waals surface area contributed by atoms with E-state index in [0.29, 0.717) is 11.5 Å². The summed E-state index contributed by atoms with van der Waals surface area (Å²) in [5, 5.41) is 11.9. The molecule has 0 saturated heterocycles. The molecule has 8 nitrogen and oxygen atoms in total. The molecule has 0 aliphatic carbocycles. The molecule has 0 bridgehead atoms. The number of fused-ring (bicyclic) bond motifs is 1. The zero-order chi connectivity index (χ0) is 21.7. The Kier molecular flexibility index (Phi) is 7.20. The first-order valence-corrected chi connectivity index (χ1v) is 10.5. The van der Waals surface area contributed by atoms with Gasteiger partial charge in [-0.25, -0.2) is 4.79 Å². The van der Waals surface area contributed by atoms with Crippen molar-refractivity contribution in [3.8, 4) is 0 Å². The lowest BCUT2D eigenvalue weighted by atomic mass is 10.0. The second kappa shape index (κ2) is 9.84. The van der Waals surface area contributed by atoms with E-state index in [4.69, 9.17) is 4.74 Å². The van der Waals surface area contributed by atoms with Crippen LogP contribution >= 0.6 is 0 Å². The number of methoxy groups -OCH3 is 1. The highest BCUT2D eigenvalue weighted by Crippen LogP contribution is 2.22. The van der Waals surface area contributed by atoms with Gasteiger partial charge in [0.1, 0.15) is 5.82 Å². The molecule has 0 saturated carbocycles. The maximum atomic E-state index is 11.7. The van der Waals surface area contributed by atoms with Gasteiger partial charge in [-0.05, 0) is 30.0 Å². The monoisotopic (exact) mass is 413 g/mol. The number of rotatable bonds is 7. The summed E-state index contributed by atoms with van der Waals surface area (Å²) in [5.41, 5.74) is 1.71. The summed E-state index contributed by atoms with van der Waals surface area (Å²) in [6, 6.07) is 7.42. The van der Waals surface area contributed by atoms with Crippen molar-refractivity contribution in [1.82, 2.24) is 25.0 Å². The molecule has 162 valence electrons. The van der Waals surface area contributed by atoms with Crippen LogP contribution in [-0.2, 0) is 29.0 Å². The Morgan fingerprint density at radius 3 is 2.50 bits per heavy atom. The molecule has 0 fully saturated rings. The number of benzene rings is 1. The van der Waals surface area contributed by atoms with Gasteiger partial charge in [0, 0.05) is 39.5 Å². The fourth-order valence-electron chi connectivity index (χ4n) is 3.87. The fraction of sp³-hybridized carbons (Fsp3) is 0.545. The van der Waals surface area contributed by atoms with Gasteiger partial charge in [0.25, 0.3) is 0 Å². The molecule has 2 aromatic rings. The van der Waals surface area contributed by atoms with Crippen LogP contribution in [0.25, 0.3) is 0 Å². The van der Waals surface area contributed by atoms with Crippen LogP contribution in [0.2, 0.25) is 0 Å². The van der Waals surface area contributed by atoms with E-state index in [1.807, 2.05) is 12.1 Å². The Morgan fingerprint density at radius 2 is 1.87 bits per heavy atom. The molecule has 1 aliphatic heterocycles. The number of esters is 1. The average Bonchev–Trinajstić information content (AvgIpc) is 3.01. The molecule has 3 rings (SSSR count). The molecule has 1 aromatic carbocycles. The van der Waals surface area contributed by atoms with Gasteiger partial charge in [0.2, 0.25) is 5.91 Å². The molecule has 1 N–H and O–H groups in total. The first-order valence-electron chi connectivity index (χ1n) is 10.5. The number of hydrogen-bond acceptors (Lipinski definition) is 6. The number of carbonyl (C=O) groups is 2. The van der Waals surface area contributed by atoms with Gasteiger partial charge in [0.15, 0.2) is 5.82 Å². The lowest BCUT2D eigenvalue weighted by Crippen LogP contribution is -2.31. The summed E-state index contributed by atoms with van der Waals surface area (Å²) in [6.07, 6.45) is 1.63. The minimum absolute atomic E-state index is 0.0522. The average molecular weight is 414 g/mol. The third-order valence-corrected chi connectivity index (χ3v) is 5.32. The largest absolute Gasteiger partial charge is 0.465 e. The number of nitrogens with zero attached hydrogens (tertiary/aromatic N) is 4. The van der Waals surface area contributed by atoms with Crippen LogP contribution in [0.5, 0.6) is 0 Å². The Labute approximate surface area is 177 Å². The summed E-state index contributed by atoms with van der Waals surface area (Å²) in [7, 11) is 1.39. The minimum atomic E-state index is -0.322. The standard InChI is InChI=1S/C22H31N5O3/c1-15(2)13-19(23-16(3)28)21-25-24-20-9-10-26(11-12-27(20)21)14-17-5-7-18(8-6-17)22(29)30-4/h5-8,15,19H,9-14H2,1-4H3,(H,23,28). The highest BCUT2D eigenvalue weighted by atomic mass is 16.5. The number of ether oxygens (including phenoxy) is 1. The number of amides is 1. The molecular weight excluding hydrogens is 382 g/mol. The zero-order valence-electron chi connectivity index (χ0n) is 18.2. The molecule has 0 radical (unpaired) electrons. The van der Waals surface area contributed by atoms with Crippen LogP contribution in [0.15, 0.2) is 24.3 Å². The normalized spacial score (nSPS) is 15.4. The van der Waals surface area contributed by atoms with Crippen molar-refractivity contribution in [2.45, 2.75) is 52.7 Å². The summed E-state index contributed by atoms with van der Waals surface area (Å²) in [6.45, 7) is 9.16. The molecule has 1 unspecified atom stereocenters. The topological polar surface area (TPSA) is 89.3 Å². The molecule has 30 heavy (non-hydrogen) atoms. The second-order valence-electron chi connectivity index (χ2n) is 8.22. The third kappa shape index (κ3) is 5.44. The van der Waals surface area contributed by atoms with Gasteiger partial charge in [-0.2, -0.15) is 0 Å². The smallest absolute Gasteiger partial charge is 0.337 e. The van der Waals surface area contributed by atoms with Gasteiger partial charge in [0.05, 0.1) is 18.7 Å². The summed E-state index contributed by atoms with van der Waals surface area (Å²) >= 11 is 0. The van der Waals surface area contributed by atoms with Crippen LogP contribution in [0.4, 0.5) is 0 Å². The van der Waals surface area contributed by atoms with E-state index in [1.54, 1.807) is 19.1 Å². The van der Waals surface area contributed by atoms with Gasteiger partial charge >= 0.3 is 5.97 Å². The Balaban J connectivity index is 1.68. The van der Waals surface area contributed by atoms with Crippen LogP contribution in [0, 0.1) is 5.92 Å². The first kappa shape index (κ1) is 22.0. The molecule has 2 heterocycles. The first-order chi connectivity index (χ1) is 14.4. The van der Waals surface area contributed by atoms with E-state index < -0.39 is 0 Å². The van der Waals surface area contributed by atoms with Crippen molar-refractivity contribution in [2.75, 3.05) is 20.2 Å². The Morgan fingerprint density at radius 1 is 1.13 bits per heavy atom. The lowest BCUT2D eigenvalue weighted by molar-refractivity contribution is -0.119. The van der Waals surface area contributed by atoms with Crippen molar-refractivity contribution in [2.24, 2.45) is 5.92 Å². The predicted octanol–water partition coefficient (Wildman–Crippen LogP) is 2.35. The molecule has 0 spiro atoms. The molecular formula is C22H31N5O3. The molecule has 1 atom stereocenters. The van der Waals surface area contributed by atoms with Gasteiger partial charge in [-0.15, -0.1) is 10.2 Å². The van der Waals surface area contributed by atoms with Crippen molar-refractivity contribution < 1.29 is 14.3 Å². The Hall–Kier alpha value is -2.74. The summed E-state index contributed by atoms with van der Waals surface area (Å²) in [4.78, 5) is 25.7. The number of aromatic nitrogens is 3. The molecule has 1 amide bonds. The van der Waals surface area contributed by atoms with Crippen molar-refractivity contribution in [3.63, 3.8) is 0 Å². The van der Waals surface area contributed by atoms with Crippen molar-refractivity contribution in [3.05, 3.63) is 47.0 Å². The van der Waals surface area contributed by atoms with Crippen molar-refractivity contribution >= 4 is 11.9 Å². The van der Waals surface area contributed by atoms with E-state index in [9.17, 15) is 9.59 Å². The fourth-order valence-corrected chi connectivity index (χ4v) is 3.87. The second-order valence-corrected chi connectivity index (χ2v) is 8.22. The van der Waals surface area contributed by atoms with E-state index >= 15 is 0 Å². The van der Waals surface area contributed by atoms with Crippen LogP contribution in [-0.4, -0.2) is 51.7 Å². The maximum absolute atomic E-state index is 11.7. The van der Waals surface area contributed by atoms with Crippen LogP contribution < -0.4 is 5.32 Å². The number of hydrogen-bond donors (Lipinski definition) is 1. The quantitative estimate of drug-likeness (QED) is 0.701. The lowest BCUT2D eigenvalue weighted by Gasteiger charge is -2.22. The van der Waals surface area contributed by atoms with Gasteiger partial charge < -0.3 is 14.6 Å². The van der Waals surface area contributed by atoms with Crippen molar-refractivity contribution in [1.29, 1.82) is 0 Å². The highest BCUT2D eigenvalue weighted by molar-refractivity contribution is 5.89. The van der Waals surface area contributed by atoms with E-state index in [0.717, 1.165) is 56.2 Å². The molecule has 1 aromatic heterocycles. The van der Waals surface area contributed by atoms with Crippen LogP contribution in [0.3, 0.4) is 0 Å². The number of carbonyl (C=O) groups excluding carboxylic acids is 2. The minimum Gasteiger partial charge on any atom is -0.465 e. The highest BCUT2D eigenvalue weighted by Gasteiger charge is 2.25. The van der Waals surface area contributed by atoms with Gasteiger partial charge in [-0.3, -0.25) is 9.69 Å². The third-order valence-electron chi connectivity index (χ3n) is 5.32. The van der Waals surface area contributed by atoms with Gasteiger partial charge in [-0.1, -0.05) is 26.0 Å². The molecule has 1 aliphatic rings. The molecule has 8 heteroatoms. The van der Waals surface area contributed by atoms with E-state index in [2.05, 4.69) is 38.8 Å². The number of nitrogens with one attached hydrogen (secondary N) is 1. The van der Waals surface area contributed by atoms with E-state index in [-0.39, 0.29) is 17.9 Å². The summed E-state index contributed by atoms with van der Waals surface area (Å²) in [5.74, 6) is 1.87. The predicted molar refractivity (Wildman–Crippen MR) is 113 cm³/mol. The SMILES string of the molecule is COC(=O)c1ccc(CN2CCc3nnc(C(CC(C)C)NC(C)=O)n3CC2)cc1. The Bertz CT molecular complexity index is 875. The van der Waals surface area contributed by atoms with E-state index in [1.165, 1.54) is 7.11 Å².